The number of aromatic nitrogens is 1. The number of carbonyl (C=O) groups is 1. The molecular formula is C24H37N5O3. The van der Waals surface area contributed by atoms with Gasteiger partial charge in [-0.2, -0.15) is 5.26 Å². The largest absolute Gasteiger partial charge is 0.377 e. The van der Waals surface area contributed by atoms with Gasteiger partial charge in [0.1, 0.15) is 17.5 Å². The molecule has 3 heterocycles. The van der Waals surface area contributed by atoms with Gasteiger partial charge in [-0.1, -0.05) is 13.8 Å². The molecule has 2 fully saturated rings. The van der Waals surface area contributed by atoms with Crippen LogP contribution < -0.4 is 5.32 Å². The van der Waals surface area contributed by atoms with Gasteiger partial charge in [-0.3, -0.25) is 9.69 Å². The van der Waals surface area contributed by atoms with Crippen LogP contribution in [0.25, 0.3) is 0 Å². The normalized spacial score (nSPS) is 24.3. The lowest BCUT2D eigenvalue weighted by Gasteiger charge is -2.36. The average Bonchev–Trinajstić information content (AvgIpc) is 3.09. The average molecular weight is 444 g/mol. The van der Waals surface area contributed by atoms with E-state index in [0.717, 1.165) is 44.6 Å². The molecule has 3 rings (SSSR count). The first-order valence-corrected chi connectivity index (χ1v) is 11.9. The van der Waals surface area contributed by atoms with Gasteiger partial charge >= 0.3 is 0 Å². The van der Waals surface area contributed by atoms with E-state index < -0.39 is 5.60 Å². The summed E-state index contributed by atoms with van der Waals surface area (Å²) in [5.74, 6) is 0.895. The minimum atomic E-state index is -0.448. The van der Waals surface area contributed by atoms with Gasteiger partial charge in [0.05, 0.1) is 37.5 Å². The number of amides is 1. The number of pyridine rings is 1. The van der Waals surface area contributed by atoms with Crippen molar-refractivity contribution in [2.24, 2.45) is 0 Å². The number of ether oxygens (including phenoxy) is 2. The summed E-state index contributed by atoms with van der Waals surface area (Å²) >= 11 is 0. The van der Waals surface area contributed by atoms with Crippen molar-refractivity contribution in [2.75, 3.05) is 51.3 Å². The van der Waals surface area contributed by atoms with E-state index in [-0.39, 0.29) is 18.1 Å². The van der Waals surface area contributed by atoms with E-state index in [2.05, 4.69) is 35.1 Å². The van der Waals surface area contributed by atoms with Crippen LogP contribution in [0, 0.1) is 11.3 Å². The number of nitriles is 1. The Morgan fingerprint density at radius 2 is 2.19 bits per heavy atom. The lowest BCUT2D eigenvalue weighted by atomic mass is 9.99. The second kappa shape index (κ2) is 11.6. The molecule has 3 atom stereocenters. The monoisotopic (exact) mass is 443 g/mol. The molecule has 1 amide bonds. The molecule has 176 valence electrons. The Hall–Kier alpha value is -2.21. The van der Waals surface area contributed by atoms with Crippen LogP contribution in [0.1, 0.15) is 52.0 Å². The minimum Gasteiger partial charge on any atom is -0.377 e. The molecule has 1 aromatic heterocycles. The van der Waals surface area contributed by atoms with Crippen molar-refractivity contribution in [3.05, 3.63) is 23.9 Å². The number of nitrogens with one attached hydrogen (secondary N) is 1. The third kappa shape index (κ3) is 6.18. The van der Waals surface area contributed by atoms with Crippen molar-refractivity contribution >= 4 is 11.7 Å². The minimum absolute atomic E-state index is 0.0280. The molecule has 2 aliphatic rings. The number of carbonyl (C=O) groups excluding carboxylic acids is 1. The van der Waals surface area contributed by atoms with E-state index in [0.29, 0.717) is 38.4 Å². The van der Waals surface area contributed by atoms with E-state index in [9.17, 15) is 4.79 Å². The van der Waals surface area contributed by atoms with Crippen LogP contribution in [0.2, 0.25) is 0 Å². The van der Waals surface area contributed by atoms with Crippen LogP contribution in [0.4, 0.5) is 5.82 Å². The van der Waals surface area contributed by atoms with Crippen molar-refractivity contribution in [3.63, 3.8) is 0 Å². The molecule has 2 saturated heterocycles. The fraction of sp³-hybridized carbons (Fsp3) is 0.708. The molecule has 0 radical (unpaired) electrons. The Morgan fingerprint density at radius 3 is 2.84 bits per heavy atom. The van der Waals surface area contributed by atoms with Gasteiger partial charge in [0.2, 0.25) is 5.91 Å². The molecule has 32 heavy (non-hydrogen) atoms. The molecule has 2 aliphatic heterocycles. The third-order valence-electron chi connectivity index (χ3n) is 6.33. The predicted octanol–water partition coefficient (Wildman–Crippen LogP) is 2.65. The van der Waals surface area contributed by atoms with E-state index in [1.807, 2.05) is 11.8 Å². The van der Waals surface area contributed by atoms with Gasteiger partial charge in [0.15, 0.2) is 0 Å². The molecule has 0 unspecified atom stereocenters. The Kier molecular flexibility index (Phi) is 8.85. The standard InChI is InChI=1S/C24H37N5O3/c1-4-10-28(11-5-2)19(3)23(30)29-12-13-31-18-24(17-29)9-8-21(32-24)16-27-22-7-6-20(14-25)15-26-22/h6-7,15,19,21H,4-5,8-13,16-18H2,1-3H3,(H,26,27)/t19-,21+,24+/m0/s1. The molecule has 1 N–H and O–H groups in total. The van der Waals surface area contributed by atoms with E-state index in [1.54, 1.807) is 18.3 Å². The van der Waals surface area contributed by atoms with Crippen LogP contribution in [0.5, 0.6) is 0 Å². The fourth-order valence-electron chi connectivity index (χ4n) is 4.63. The van der Waals surface area contributed by atoms with Crippen molar-refractivity contribution in [3.8, 4) is 6.07 Å². The molecular weight excluding hydrogens is 406 g/mol. The Morgan fingerprint density at radius 1 is 1.41 bits per heavy atom. The Labute approximate surface area is 191 Å². The molecule has 0 bridgehead atoms. The van der Waals surface area contributed by atoms with Gasteiger partial charge in [-0.25, -0.2) is 4.98 Å². The summed E-state index contributed by atoms with van der Waals surface area (Å²) in [7, 11) is 0. The Balaban J connectivity index is 1.58. The zero-order valence-electron chi connectivity index (χ0n) is 19.7. The van der Waals surface area contributed by atoms with Gasteiger partial charge in [0, 0.05) is 19.3 Å². The third-order valence-corrected chi connectivity index (χ3v) is 6.33. The van der Waals surface area contributed by atoms with Crippen molar-refractivity contribution in [1.82, 2.24) is 14.8 Å². The molecule has 8 heteroatoms. The van der Waals surface area contributed by atoms with Gasteiger partial charge < -0.3 is 19.7 Å². The first kappa shape index (κ1) is 24.4. The molecule has 0 aliphatic carbocycles. The van der Waals surface area contributed by atoms with Crippen LogP contribution >= 0.6 is 0 Å². The highest BCUT2D eigenvalue weighted by Gasteiger charge is 2.44. The van der Waals surface area contributed by atoms with E-state index in [1.165, 1.54) is 0 Å². The van der Waals surface area contributed by atoms with Crippen LogP contribution in [0.3, 0.4) is 0 Å². The predicted molar refractivity (Wildman–Crippen MR) is 123 cm³/mol. The van der Waals surface area contributed by atoms with Crippen molar-refractivity contribution in [1.29, 1.82) is 5.26 Å². The summed E-state index contributed by atoms with van der Waals surface area (Å²) in [6, 6.07) is 5.49. The zero-order valence-corrected chi connectivity index (χ0v) is 19.7. The van der Waals surface area contributed by atoms with Crippen molar-refractivity contribution in [2.45, 2.75) is 64.2 Å². The van der Waals surface area contributed by atoms with Gasteiger partial charge in [0.25, 0.3) is 0 Å². The maximum absolute atomic E-state index is 13.4. The highest BCUT2D eigenvalue weighted by Crippen LogP contribution is 2.33. The molecule has 0 saturated carbocycles. The quantitative estimate of drug-likeness (QED) is 0.627. The van der Waals surface area contributed by atoms with E-state index >= 15 is 0 Å². The maximum atomic E-state index is 13.4. The summed E-state index contributed by atoms with van der Waals surface area (Å²) in [5.41, 5.74) is 0.0917. The lowest BCUT2D eigenvalue weighted by Crippen LogP contribution is -2.53. The van der Waals surface area contributed by atoms with Gasteiger partial charge in [-0.05, 0) is 57.8 Å². The Bertz CT molecular complexity index is 775. The summed E-state index contributed by atoms with van der Waals surface area (Å²) in [5, 5.41) is 12.2. The summed E-state index contributed by atoms with van der Waals surface area (Å²) in [6.45, 7) is 11.1. The summed E-state index contributed by atoms with van der Waals surface area (Å²) < 4.78 is 12.4. The number of rotatable bonds is 9. The number of anilines is 1. The number of hydrogen-bond donors (Lipinski definition) is 1. The second-order valence-electron chi connectivity index (χ2n) is 8.91. The summed E-state index contributed by atoms with van der Waals surface area (Å²) in [4.78, 5) is 21.9. The van der Waals surface area contributed by atoms with Crippen LogP contribution in [-0.2, 0) is 14.3 Å². The fourth-order valence-corrected chi connectivity index (χ4v) is 4.63. The molecule has 1 aromatic rings. The first-order valence-electron chi connectivity index (χ1n) is 11.9. The van der Waals surface area contributed by atoms with Crippen LogP contribution in [-0.4, -0.2) is 84.4 Å². The smallest absolute Gasteiger partial charge is 0.239 e. The topological polar surface area (TPSA) is 90.7 Å². The lowest BCUT2D eigenvalue weighted by molar-refractivity contribution is -0.141. The highest BCUT2D eigenvalue weighted by molar-refractivity contribution is 5.81. The SMILES string of the molecule is CCCN(CCC)[C@@H](C)C(=O)N1CCOC[C@@]2(CC[C@H](CNc3ccc(C#N)cn3)O2)C1. The molecule has 1 spiro atoms. The van der Waals surface area contributed by atoms with Crippen LogP contribution in [0.15, 0.2) is 18.3 Å². The zero-order chi connectivity index (χ0) is 23.0. The summed E-state index contributed by atoms with van der Waals surface area (Å²) in [6.07, 6.45) is 5.44. The van der Waals surface area contributed by atoms with Crippen molar-refractivity contribution < 1.29 is 14.3 Å². The number of hydrogen-bond acceptors (Lipinski definition) is 7. The molecule has 0 aromatic carbocycles. The van der Waals surface area contributed by atoms with Gasteiger partial charge in [-0.15, -0.1) is 0 Å². The van der Waals surface area contributed by atoms with E-state index in [4.69, 9.17) is 14.7 Å². The first-order chi connectivity index (χ1) is 15.5. The highest BCUT2D eigenvalue weighted by atomic mass is 16.6. The molecule has 8 nitrogen and oxygen atoms in total. The number of nitrogens with zero attached hydrogens (tertiary/aromatic N) is 4. The maximum Gasteiger partial charge on any atom is 0.239 e. The second-order valence-corrected chi connectivity index (χ2v) is 8.91.